The molecule has 0 saturated carbocycles. The van der Waals surface area contributed by atoms with Crippen molar-refractivity contribution >= 4 is 11.9 Å². The molecule has 0 bridgehead atoms. The number of anilines is 1. The SMILES string of the molecule is CC(C)c1nc(N(C)C)ncc1C(N)C(=O)O. The van der Waals surface area contributed by atoms with Crippen LogP contribution in [0, 0.1) is 0 Å². The normalized spacial score (nSPS) is 12.6. The van der Waals surface area contributed by atoms with Gasteiger partial charge >= 0.3 is 5.97 Å². The largest absolute Gasteiger partial charge is 0.480 e. The fraction of sp³-hybridized carbons (Fsp3) is 0.545. The van der Waals surface area contributed by atoms with Gasteiger partial charge in [-0.2, -0.15) is 0 Å². The first kappa shape index (κ1) is 13.4. The van der Waals surface area contributed by atoms with Crippen LogP contribution >= 0.6 is 0 Å². The van der Waals surface area contributed by atoms with Crippen LogP contribution in [0.3, 0.4) is 0 Å². The third-order valence-electron chi connectivity index (χ3n) is 2.38. The summed E-state index contributed by atoms with van der Waals surface area (Å²) in [5.41, 5.74) is 6.76. The lowest BCUT2D eigenvalue weighted by Gasteiger charge is -2.17. The molecule has 0 amide bonds. The van der Waals surface area contributed by atoms with Gasteiger partial charge in [-0.25, -0.2) is 9.97 Å². The second-order valence-electron chi connectivity index (χ2n) is 4.38. The van der Waals surface area contributed by atoms with E-state index in [9.17, 15) is 4.79 Å². The number of hydrogen-bond acceptors (Lipinski definition) is 5. The molecule has 0 aliphatic heterocycles. The highest BCUT2D eigenvalue weighted by atomic mass is 16.4. The molecule has 1 rings (SSSR count). The lowest BCUT2D eigenvalue weighted by Crippen LogP contribution is -2.24. The molecule has 94 valence electrons. The van der Waals surface area contributed by atoms with Crippen molar-refractivity contribution in [1.29, 1.82) is 0 Å². The summed E-state index contributed by atoms with van der Waals surface area (Å²) in [6.45, 7) is 3.89. The summed E-state index contributed by atoms with van der Waals surface area (Å²) in [5.74, 6) is -0.430. The zero-order chi connectivity index (χ0) is 13.2. The van der Waals surface area contributed by atoms with Crippen LogP contribution in [0.4, 0.5) is 5.95 Å². The average molecular weight is 238 g/mol. The fourth-order valence-electron chi connectivity index (χ4n) is 1.45. The first-order chi connectivity index (χ1) is 7.84. The minimum atomic E-state index is -1.08. The highest BCUT2D eigenvalue weighted by Crippen LogP contribution is 2.23. The lowest BCUT2D eigenvalue weighted by atomic mass is 10.0. The van der Waals surface area contributed by atoms with Gasteiger partial charge in [0.2, 0.25) is 5.95 Å². The van der Waals surface area contributed by atoms with Crippen LogP contribution in [0.25, 0.3) is 0 Å². The Morgan fingerprint density at radius 1 is 1.47 bits per heavy atom. The van der Waals surface area contributed by atoms with Crippen LogP contribution in [0.15, 0.2) is 6.20 Å². The van der Waals surface area contributed by atoms with E-state index < -0.39 is 12.0 Å². The number of aliphatic carboxylic acids is 1. The molecule has 3 N–H and O–H groups in total. The van der Waals surface area contributed by atoms with Gasteiger partial charge in [-0.3, -0.25) is 4.79 Å². The third-order valence-corrected chi connectivity index (χ3v) is 2.38. The number of carbonyl (C=O) groups is 1. The van der Waals surface area contributed by atoms with Gasteiger partial charge in [0.25, 0.3) is 0 Å². The Labute approximate surface area is 100 Å². The minimum absolute atomic E-state index is 0.0945. The summed E-state index contributed by atoms with van der Waals surface area (Å²) in [5, 5.41) is 8.93. The highest BCUT2D eigenvalue weighted by molar-refractivity contribution is 5.75. The Balaban J connectivity index is 3.27. The molecular weight excluding hydrogens is 220 g/mol. The molecule has 0 spiro atoms. The quantitative estimate of drug-likeness (QED) is 0.804. The van der Waals surface area contributed by atoms with E-state index in [4.69, 9.17) is 10.8 Å². The van der Waals surface area contributed by atoms with Gasteiger partial charge in [-0.05, 0) is 5.92 Å². The van der Waals surface area contributed by atoms with Crippen LogP contribution in [-0.4, -0.2) is 35.1 Å². The van der Waals surface area contributed by atoms with E-state index >= 15 is 0 Å². The molecule has 0 aliphatic rings. The predicted octanol–water partition coefficient (Wildman–Crippen LogP) is 0.750. The minimum Gasteiger partial charge on any atom is -0.480 e. The maximum absolute atomic E-state index is 10.9. The van der Waals surface area contributed by atoms with Gasteiger partial charge in [0.1, 0.15) is 6.04 Å². The summed E-state index contributed by atoms with van der Waals surface area (Å²) < 4.78 is 0. The van der Waals surface area contributed by atoms with Crippen LogP contribution in [0.2, 0.25) is 0 Å². The Bertz CT molecular complexity index is 418. The molecular formula is C11H18N4O2. The topological polar surface area (TPSA) is 92.3 Å². The smallest absolute Gasteiger partial charge is 0.325 e. The summed E-state index contributed by atoms with van der Waals surface area (Å²) >= 11 is 0. The Kier molecular flexibility index (Phi) is 4.01. The van der Waals surface area contributed by atoms with Crippen LogP contribution in [0.5, 0.6) is 0 Å². The summed E-state index contributed by atoms with van der Waals surface area (Å²) in [4.78, 5) is 21.1. The molecule has 6 nitrogen and oxygen atoms in total. The van der Waals surface area contributed by atoms with E-state index in [0.29, 0.717) is 17.2 Å². The molecule has 6 heteroatoms. The van der Waals surface area contributed by atoms with Gasteiger partial charge in [-0.15, -0.1) is 0 Å². The summed E-state index contributed by atoms with van der Waals surface area (Å²) in [7, 11) is 3.66. The Morgan fingerprint density at radius 3 is 2.47 bits per heavy atom. The molecule has 0 saturated heterocycles. The molecule has 1 unspecified atom stereocenters. The predicted molar refractivity (Wildman–Crippen MR) is 65.0 cm³/mol. The maximum atomic E-state index is 10.9. The zero-order valence-corrected chi connectivity index (χ0v) is 10.5. The first-order valence-electron chi connectivity index (χ1n) is 5.37. The van der Waals surface area contributed by atoms with Gasteiger partial charge in [0, 0.05) is 25.9 Å². The fourth-order valence-corrected chi connectivity index (χ4v) is 1.45. The van der Waals surface area contributed by atoms with Crippen molar-refractivity contribution in [3.05, 3.63) is 17.5 Å². The second kappa shape index (κ2) is 5.09. The monoisotopic (exact) mass is 238 g/mol. The van der Waals surface area contributed by atoms with Gasteiger partial charge < -0.3 is 15.7 Å². The number of hydrogen-bond donors (Lipinski definition) is 2. The third kappa shape index (κ3) is 2.91. The first-order valence-corrected chi connectivity index (χ1v) is 5.37. The van der Waals surface area contributed by atoms with Gasteiger partial charge in [-0.1, -0.05) is 13.8 Å². The number of aromatic nitrogens is 2. The number of carboxylic acids is 1. The van der Waals surface area contributed by atoms with Crippen molar-refractivity contribution in [2.45, 2.75) is 25.8 Å². The molecule has 0 radical (unpaired) electrons. The van der Waals surface area contributed by atoms with Crippen LogP contribution in [0.1, 0.15) is 37.1 Å². The number of carboxylic acid groups (broad SMARTS) is 1. The molecule has 1 aromatic heterocycles. The van der Waals surface area contributed by atoms with E-state index in [1.165, 1.54) is 6.20 Å². The second-order valence-corrected chi connectivity index (χ2v) is 4.38. The molecule has 0 aromatic carbocycles. The molecule has 1 atom stereocenters. The standard InChI is InChI=1S/C11H18N4O2/c1-6(2)9-7(8(12)10(16)17)5-13-11(14-9)15(3)4/h5-6,8H,12H2,1-4H3,(H,16,17). The molecule has 1 aromatic rings. The molecule has 0 fully saturated rings. The maximum Gasteiger partial charge on any atom is 0.325 e. The zero-order valence-electron chi connectivity index (χ0n) is 10.5. The lowest BCUT2D eigenvalue weighted by molar-refractivity contribution is -0.138. The number of rotatable bonds is 4. The van der Waals surface area contributed by atoms with Crippen molar-refractivity contribution in [2.75, 3.05) is 19.0 Å². The van der Waals surface area contributed by atoms with Crippen molar-refractivity contribution in [3.63, 3.8) is 0 Å². The number of nitrogens with two attached hydrogens (primary N) is 1. The van der Waals surface area contributed by atoms with E-state index in [1.54, 1.807) is 4.90 Å². The van der Waals surface area contributed by atoms with E-state index in [-0.39, 0.29) is 5.92 Å². The van der Waals surface area contributed by atoms with Crippen LogP contribution < -0.4 is 10.6 Å². The average Bonchev–Trinajstić information content (AvgIpc) is 2.26. The van der Waals surface area contributed by atoms with E-state index in [2.05, 4.69) is 9.97 Å². The summed E-state index contributed by atoms with van der Waals surface area (Å²) in [6.07, 6.45) is 1.50. The molecule has 17 heavy (non-hydrogen) atoms. The number of nitrogens with zero attached hydrogens (tertiary/aromatic N) is 3. The van der Waals surface area contributed by atoms with E-state index in [1.807, 2.05) is 27.9 Å². The molecule has 0 aliphatic carbocycles. The summed E-state index contributed by atoms with van der Waals surface area (Å²) in [6, 6.07) is -1.08. The highest BCUT2D eigenvalue weighted by Gasteiger charge is 2.22. The Hall–Kier alpha value is -1.69. The molecule has 1 heterocycles. The van der Waals surface area contributed by atoms with Gasteiger partial charge in [0.15, 0.2) is 0 Å². The van der Waals surface area contributed by atoms with Crippen molar-refractivity contribution < 1.29 is 9.90 Å². The van der Waals surface area contributed by atoms with Crippen molar-refractivity contribution in [1.82, 2.24) is 9.97 Å². The Morgan fingerprint density at radius 2 is 2.06 bits per heavy atom. The van der Waals surface area contributed by atoms with Crippen molar-refractivity contribution in [3.8, 4) is 0 Å². The van der Waals surface area contributed by atoms with Gasteiger partial charge in [0.05, 0.1) is 5.69 Å². The van der Waals surface area contributed by atoms with Crippen molar-refractivity contribution in [2.24, 2.45) is 5.73 Å². The van der Waals surface area contributed by atoms with E-state index in [0.717, 1.165) is 0 Å². The van der Waals surface area contributed by atoms with Crippen LogP contribution in [-0.2, 0) is 4.79 Å².